The van der Waals surface area contributed by atoms with E-state index in [0.717, 1.165) is 15.9 Å². The van der Waals surface area contributed by atoms with Gasteiger partial charge in [0.2, 0.25) is 0 Å². The van der Waals surface area contributed by atoms with Crippen LogP contribution in [0.1, 0.15) is 6.92 Å². The molecule has 0 saturated carbocycles. The number of hydrogen-bond donors (Lipinski definition) is 2. The first-order valence-corrected chi connectivity index (χ1v) is 7.22. The first-order valence-electron chi connectivity index (χ1n) is 6.42. The summed E-state index contributed by atoms with van der Waals surface area (Å²) in [5.41, 5.74) is 0.904. The minimum absolute atomic E-state index is 0.0234. The van der Waals surface area contributed by atoms with Gasteiger partial charge in [-0.25, -0.2) is 0 Å². The molecule has 1 rings (SSSR count). The average Bonchev–Trinajstić information content (AvgIpc) is 2.43. The summed E-state index contributed by atoms with van der Waals surface area (Å²) in [5.74, 6) is 0.771. The lowest BCUT2D eigenvalue weighted by Gasteiger charge is -2.17. The smallest absolute Gasteiger partial charge is 0.133 e. The molecule has 1 aromatic rings. The number of halogens is 1. The molecular weight excluding hydrogens is 326 g/mol. The lowest BCUT2D eigenvalue weighted by molar-refractivity contribution is -0.0282. The van der Waals surface area contributed by atoms with Gasteiger partial charge in [0, 0.05) is 19.3 Å². The Balaban J connectivity index is 2.33. The first kappa shape index (κ1) is 17.2. The van der Waals surface area contributed by atoms with Crippen molar-refractivity contribution in [3.8, 4) is 5.75 Å². The quantitative estimate of drug-likeness (QED) is 0.717. The van der Waals surface area contributed by atoms with E-state index in [2.05, 4.69) is 21.2 Å². The summed E-state index contributed by atoms with van der Waals surface area (Å²) in [6.07, 6.45) is -0.597. The number of ether oxygens (including phenoxy) is 3. The van der Waals surface area contributed by atoms with Gasteiger partial charge < -0.3 is 24.6 Å². The highest BCUT2D eigenvalue weighted by Gasteiger charge is 2.08. The molecule has 0 amide bonds. The van der Waals surface area contributed by atoms with E-state index in [0.29, 0.717) is 13.2 Å². The van der Waals surface area contributed by atoms with Gasteiger partial charge in [-0.15, -0.1) is 0 Å². The molecule has 5 nitrogen and oxygen atoms in total. The van der Waals surface area contributed by atoms with E-state index in [4.69, 9.17) is 14.2 Å². The van der Waals surface area contributed by atoms with Crippen molar-refractivity contribution in [3.63, 3.8) is 0 Å². The van der Waals surface area contributed by atoms with Crippen molar-refractivity contribution in [2.45, 2.75) is 19.1 Å². The van der Waals surface area contributed by atoms with Crippen LogP contribution in [-0.2, 0) is 9.47 Å². The van der Waals surface area contributed by atoms with Gasteiger partial charge in [-0.3, -0.25) is 0 Å². The maximum absolute atomic E-state index is 9.83. The molecule has 0 bridgehead atoms. The summed E-state index contributed by atoms with van der Waals surface area (Å²) < 4.78 is 16.4. The first-order chi connectivity index (χ1) is 9.56. The minimum Gasteiger partial charge on any atom is -0.496 e. The molecular formula is C14H22BrNO4. The minimum atomic E-state index is -0.574. The Morgan fingerprint density at radius 1 is 1.30 bits per heavy atom. The summed E-state index contributed by atoms with van der Waals surface area (Å²) in [6, 6.07) is 5.65. The number of rotatable bonds is 9. The molecule has 114 valence electrons. The largest absolute Gasteiger partial charge is 0.496 e. The van der Waals surface area contributed by atoms with Crippen LogP contribution in [0.25, 0.3) is 0 Å². The number of aliphatic hydroxyl groups is 1. The van der Waals surface area contributed by atoms with E-state index < -0.39 is 6.10 Å². The summed E-state index contributed by atoms with van der Waals surface area (Å²) in [6.45, 7) is 3.11. The molecule has 0 spiro atoms. The Labute approximate surface area is 128 Å². The van der Waals surface area contributed by atoms with Crippen LogP contribution in [0.3, 0.4) is 0 Å². The molecule has 2 unspecified atom stereocenters. The summed E-state index contributed by atoms with van der Waals surface area (Å²) >= 11 is 3.42. The summed E-state index contributed by atoms with van der Waals surface area (Å²) in [5, 5.41) is 13.0. The van der Waals surface area contributed by atoms with Crippen molar-refractivity contribution in [1.29, 1.82) is 0 Å². The van der Waals surface area contributed by atoms with Crippen LogP contribution in [-0.4, -0.2) is 51.3 Å². The van der Waals surface area contributed by atoms with Gasteiger partial charge in [0.25, 0.3) is 0 Å². The fourth-order valence-corrected chi connectivity index (χ4v) is 2.17. The van der Waals surface area contributed by atoms with Crippen molar-refractivity contribution in [2.24, 2.45) is 0 Å². The summed E-state index contributed by atoms with van der Waals surface area (Å²) in [7, 11) is 3.24. The van der Waals surface area contributed by atoms with Gasteiger partial charge in [-0.2, -0.15) is 0 Å². The monoisotopic (exact) mass is 347 g/mol. The molecule has 0 aliphatic carbocycles. The Morgan fingerprint density at radius 3 is 2.65 bits per heavy atom. The molecule has 1 aromatic carbocycles. The molecule has 0 heterocycles. The Bertz CT molecular complexity index is 403. The molecule has 2 N–H and O–H groups in total. The van der Waals surface area contributed by atoms with E-state index in [1.54, 1.807) is 14.2 Å². The zero-order chi connectivity index (χ0) is 15.0. The van der Waals surface area contributed by atoms with Crippen molar-refractivity contribution in [3.05, 3.63) is 22.7 Å². The molecule has 6 heteroatoms. The van der Waals surface area contributed by atoms with Gasteiger partial charge in [-0.1, -0.05) is 0 Å². The van der Waals surface area contributed by atoms with Gasteiger partial charge >= 0.3 is 0 Å². The maximum atomic E-state index is 9.83. The fraction of sp³-hybridized carbons (Fsp3) is 0.571. The van der Waals surface area contributed by atoms with Gasteiger partial charge in [0.05, 0.1) is 37.0 Å². The Morgan fingerprint density at radius 2 is 2.05 bits per heavy atom. The van der Waals surface area contributed by atoms with Crippen LogP contribution >= 0.6 is 15.9 Å². The number of benzene rings is 1. The van der Waals surface area contributed by atoms with E-state index >= 15 is 0 Å². The predicted molar refractivity (Wildman–Crippen MR) is 82.5 cm³/mol. The van der Waals surface area contributed by atoms with Crippen molar-refractivity contribution < 1.29 is 19.3 Å². The number of nitrogens with one attached hydrogen (secondary N) is 1. The maximum Gasteiger partial charge on any atom is 0.133 e. The average molecular weight is 348 g/mol. The van der Waals surface area contributed by atoms with E-state index in [9.17, 15) is 5.11 Å². The highest BCUT2D eigenvalue weighted by atomic mass is 79.9. The van der Waals surface area contributed by atoms with Crippen LogP contribution in [0.15, 0.2) is 22.7 Å². The molecule has 2 atom stereocenters. The van der Waals surface area contributed by atoms with E-state index in [1.807, 2.05) is 25.1 Å². The van der Waals surface area contributed by atoms with E-state index in [1.165, 1.54) is 0 Å². The molecule has 0 saturated heterocycles. The van der Waals surface area contributed by atoms with Gasteiger partial charge in [-0.05, 0) is 41.1 Å². The SMILES string of the molecule is COCC(C)OCC(O)CNc1ccc(OC)c(Br)c1. The lowest BCUT2D eigenvalue weighted by Crippen LogP contribution is -2.28. The Hall–Kier alpha value is -0.820. The van der Waals surface area contributed by atoms with Crippen LogP contribution in [0.4, 0.5) is 5.69 Å². The van der Waals surface area contributed by atoms with Gasteiger partial charge in [0.15, 0.2) is 0 Å². The number of aliphatic hydroxyl groups excluding tert-OH is 1. The second-order valence-corrected chi connectivity index (χ2v) is 5.34. The van der Waals surface area contributed by atoms with Gasteiger partial charge in [0.1, 0.15) is 5.75 Å². The fourth-order valence-electron chi connectivity index (χ4n) is 1.63. The molecule has 0 radical (unpaired) electrons. The molecule has 0 aliphatic rings. The highest BCUT2D eigenvalue weighted by molar-refractivity contribution is 9.10. The van der Waals surface area contributed by atoms with Crippen LogP contribution < -0.4 is 10.1 Å². The van der Waals surface area contributed by atoms with Crippen LogP contribution in [0.5, 0.6) is 5.75 Å². The number of hydrogen-bond acceptors (Lipinski definition) is 5. The zero-order valence-corrected chi connectivity index (χ0v) is 13.6. The lowest BCUT2D eigenvalue weighted by atomic mass is 10.3. The van der Waals surface area contributed by atoms with E-state index in [-0.39, 0.29) is 12.7 Å². The van der Waals surface area contributed by atoms with Crippen molar-refractivity contribution in [1.82, 2.24) is 0 Å². The Kier molecular flexibility index (Phi) is 7.91. The number of anilines is 1. The highest BCUT2D eigenvalue weighted by Crippen LogP contribution is 2.27. The summed E-state index contributed by atoms with van der Waals surface area (Å²) in [4.78, 5) is 0. The molecule has 0 fully saturated rings. The van der Waals surface area contributed by atoms with Crippen molar-refractivity contribution >= 4 is 21.6 Å². The normalized spacial score (nSPS) is 13.8. The topological polar surface area (TPSA) is 60.0 Å². The second kappa shape index (κ2) is 9.18. The third-order valence-electron chi connectivity index (χ3n) is 2.67. The van der Waals surface area contributed by atoms with Crippen molar-refractivity contribution in [2.75, 3.05) is 39.3 Å². The molecule has 0 aromatic heterocycles. The molecule has 0 aliphatic heterocycles. The van der Waals surface area contributed by atoms with Crippen LogP contribution in [0, 0.1) is 0 Å². The third kappa shape index (κ3) is 6.09. The zero-order valence-electron chi connectivity index (χ0n) is 12.1. The predicted octanol–water partition coefficient (Wildman–Crippen LogP) is 2.28. The standard InChI is InChI=1S/C14H22BrNO4/c1-10(8-18-2)20-9-12(17)7-16-11-4-5-14(19-3)13(15)6-11/h4-6,10,12,16-17H,7-9H2,1-3H3. The molecule has 20 heavy (non-hydrogen) atoms. The number of methoxy groups -OCH3 is 2. The van der Waals surface area contributed by atoms with Crippen LogP contribution in [0.2, 0.25) is 0 Å². The second-order valence-electron chi connectivity index (χ2n) is 4.48. The third-order valence-corrected chi connectivity index (χ3v) is 3.29.